The predicted octanol–water partition coefficient (Wildman–Crippen LogP) is 4.56. The molecule has 0 aliphatic heterocycles. The van der Waals surface area contributed by atoms with E-state index in [1.54, 1.807) is 0 Å². The molecule has 0 radical (unpaired) electrons. The molecule has 1 aliphatic rings. The molecule has 1 unspecified atom stereocenters. The standard InChI is InChI=1S/C11H21I/c1-2-3-9-11(12)10-7-5-4-6-8-10/h10-11H,2-9H2,1H3. The molecule has 0 heterocycles. The van der Waals surface area contributed by atoms with Crippen LogP contribution in [0, 0.1) is 5.92 Å². The van der Waals surface area contributed by atoms with Gasteiger partial charge in [-0.05, 0) is 25.2 Å². The second-order valence-electron chi connectivity index (χ2n) is 4.06. The molecule has 1 atom stereocenters. The van der Waals surface area contributed by atoms with Crippen LogP contribution >= 0.6 is 22.6 Å². The maximum atomic E-state index is 2.68. The molecular weight excluding hydrogens is 259 g/mol. The lowest BCUT2D eigenvalue weighted by atomic mass is 9.85. The fourth-order valence-electron chi connectivity index (χ4n) is 2.13. The van der Waals surface area contributed by atoms with E-state index in [1.807, 2.05) is 0 Å². The fraction of sp³-hybridized carbons (Fsp3) is 1.00. The topological polar surface area (TPSA) is 0 Å². The quantitative estimate of drug-likeness (QED) is 0.523. The van der Waals surface area contributed by atoms with Crippen molar-refractivity contribution >= 4 is 22.6 Å². The molecule has 0 amide bonds. The lowest BCUT2D eigenvalue weighted by Crippen LogP contribution is -2.17. The maximum Gasteiger partial charge on any atom is 0.0138 e. The Morgan fingerprint density at radius 1 is 1.25 bits per heavy atom. The maximum absolute atomic E-state index is 2.68. The molecule has 72 valence electrons. The van der Waals surface area contributed by atoms with Crippen molar-refractivity contribution in [2.24, 2.45) is 5.92 Å². The Bertz CT molecular complexity index is 106. The zero-order valence-electron chi connectivity index (χ0n) is 8.19. The molecule has 0 saturated heterocycles. The molecule has 0 aromatic rings. The van der Waals surface area contributed by atoms with E-state index >= 15 is 0 Å². The van der Waals surface area contributed by atoms with Gasteiger partial charge in [0.05, 0.1) is 0 Å². The monoisotopic (exact) mass is 280 g/mol. The molecule has 12 heavy (non-hydrogen) atoms. The van der Waals surface area contributed by atoms with Crippen LogP contribution in [0.25, 0.3) is 0 Å². The fourth-order valence-corrected chi connectivity index (χ4v) is 3.29. The number of unbranched alkanes of at least 4 members (excludes halogenated alkanes) is 1. The number of alkyl halides is 1. The molecule has 1 saturated carbocycles. The predicted molar refractivity (Wildman–Crippen MR) is 63.9 cm³/mol. The Labute approximate surface area is 90.6 Å². The Morgan fingerprint density at radius 3 is 2.50 bits per heavy atom. The summed E-state index contributed by atoms with van der Waals surface area (Å²) in [4.78, 5) is 0. The van der Waals surface area contributed by atoms with Crippen molar-refractivity contribution in [1.82, 2.24) is 0 Å². The summed E-state index contributed by atoms with van der Waals surface area (Å²) in [6.07, 6.45) is 11.8. The van der Waals surface area contributed by atoms with Gasteiger partial charge in [0.25, 0.3) is 0 Å². The van der Waals surface area contributed by atoms with Gasteiger partial charge >= 0.3 is 0 Å². The highest BCUT2D eigenvalue weighted by atomic mass is 127. The van der Waals surface area contributed by atoms with E-state index in [0.29, 0.717) is 0 Å². The first-order valence-electron chi connectivity index (χ1n) is 5.48. The minimum absolute atomic E-state index is 0.975. The van der Waals surface area contributed by atoms with Gasteiger partial charge in [-0.1, -0.05) is 61.6 Å². The lowest BCUT2D eigenvalue weighted by molar-refractivity contribution is 0.346. The molecule has 1 aliphatic carbocycles. The molecule has 0 nitrogen and oxygen atoms in total. The Kier molecular flexibility index (Phi) is 5.61. The van der Waals surface area contributed by atoms with Gasteiger partial charge in [-0.15, -0.1) is 0 Å². The summed E-state index contributed by atoms with van der Waals surface area (Å²) >= 11 is 2.68. The number of hydrogen-bond donors (Lipinski definition) is 0. The summed E-state index contributed by atoms with van der Waals surface area (Å²) in [7, 11) is 0. The van der Waals surface area contributed by atoms with Crippen molar-refractivity contribution in [3.05, 3.63) is 0 Å². The minimum atomic E-state index is 0.975. The van der Waals surface area contributed by atoms with Gasteiger partial charge in [0.1, 0.15) is 0 Å². The Hall–Kier alpha value is 0.730. The second-order valence-corrected chi connectivity index (χ2v) is 5.66. The van der Waals surface area contributed by atoms with E-state index in [9.17, 15) is 0 Å². The van der Waals surface area contributed by atoms with E-state index < -0.39 is 0 Å². The van der Waals surface area contributed by atoms with Gasteiger partial charge in [-0.2, -0.15) is 0 Å². The smallest absolute Gasteiger partial charge is 0.0138 e. The molecule has 0 spiro atoms. The molecule has 0 aromatic carbocycles. The third-order valence-electron chi connectivity index (χ3n) is 2.99. The second kappa shape index (κ2) is 6.22. The van der Waals surface area contributed by atoms with Gasteiger partial charge in [0, 0.05) is 3.92 Å². The van der Waals surface area contributed by atoms with Gasteiger partial charge in [-0.25, -0.2) is 0 Å². The molecular formula is C11H21I. The van der Waals surface area contributed by atoms with E-state index in [2.05, 4.69) is 29.5 Å². The van der Waals surface area contributed by atoms with E-state index in [4.69, 9.17) is 0 Å². The zero-order chi connectivity index (χ0) is 8.81. The van der Waals surface area contributed by atoms with Crippen molar-refractivity contribution in [3.8, 4) is 0 Å². The minimum Gasteiger partial charge on any atom is -0.0823 e. The summed E-state index contributed by atoms with van der Waals surface area (Å²) in [5.41, 5.74) is 0. The van der Waals surface area contributed by atoms with Crippen LogP contribution in [-0.4, -0.2) is 3.92 Å². The highest BCUT2D eigenvalue weighted by Gasteiger charge is 2.20. The molecule has 0 bridgehead atoms. The van der Waals surface area contributed by atoms with Gasteiger partial charge < -0.3 is 0 Å². The van der Waals surface area contributed by atoms with Gasteiger partial charge in [0.2, 0.25) is 0 Å². The average molecular weight is 280 g/mol. The largest absolute Gasteiger partial charge is 0.0823 e. The normalized spacial score (nSPS) is 22.5. The average Bonchev–Trinajstić information content (AvgIpc) is 2.15. The van der Waals surface area contributed by atoms with Crippen molar-refractivity contribution in [2.75, 3.05) is 0 Å². The highest BCUT2D eigenvalue weighted by Crippen LogP contribution is 2.32. The summed E-state index contributed by atoms with van der Waals surface area (Å²) in [6.45, 7) is 2.30. The Morgan fingerprint density at radius 2 is 1.92 bits per heavy atom. The number of rotatable bonds is 4. The first kappa shape index (κ1) is 10.8. The molecule has 1 heteroatoms. The van der Waals surface area contributed by atoms with Crippen LogP contribution in [0.2, 0.25) is 0 Å². The van der Waals surface area contributed by atoms with Crippen LogP contribution in [0.1, 0.15) is 58.3 Å². The first-order chi connectivity index (χ1) is 5.84. The zero-order valence-corrected chi connectivity index (χ0v) is 10.3. The molecule has 1 fully saturated rings. The summed E-state index contributed by atoms with van der Waals surface area (Å²) < 4.78 is 0.975. The van der Waals surface area contributed by atoms with Crippen molar-refractivity contribution in [1.29, 1.82) is 0 Å². The van der Waals surface area contributed by atoms with Crippen LogP contribution in [0.15, 0.2) is 0 Å². The van der Waals surface area contributed by atoms with Crippen molar-refractivity contribution in [2.45, 2.75) is 62.2 Å². The third-order valence-corrected chi connectivity index (χ3v) is 4.63. The van der Waals surface area contributed by atoms with Crippen molar-refractivity contribution in [3.63, 3.8) is 0 Å². The molecule has 0 N–H and O–H groups in total. The summed E-state index contributed by atoms with van der Waals surface area (Å²) in [6, 6.07) is 0. The van der Waals surface area contributed by atoms with E-state index in [0.717, 1.165) is 9.84 Å². The van der Waals surface area contributed by atoms with Crippen LogP contribution in [-0.2, 0) is 0 Å². The third kappa shape index (κ3) is 3.63. The molecule has 1 rings (SSSR count). The van der Waals surface area contributed by atoms with Crippen molar-refractivity contribution < 1.29 is 0 Å². The Balaban J connectivity index is 2.15. The summed E-state index contributed by atoms with van der Waals surface area (Å²) in [5, 5.41) is 0. The molecule has 0 aromatic heterocycles. The first-order valence-corrected chi connectivity index (χ1v) is 6.73. The summed E-state index contributed by atoms with van der Waals surface area (Å²) in [5.74, 6) is 1.06. The van der Waals surface area contributed by atoms with Crippen LogP contribution < -0.4 is 0 Å². The van der Waals surface area contributed by atoms with E-state index in [-0.39, 0.29) is 0 Å². The number of halogens is 1. The van der Waals surface area contributed by atoms with E-state index in [1.165, 1.54) is 51.4 Å². The highest BCUT2D eigenvalue weighted by molar-refractivity contribution is 14.1. The lowest BCUT2D eigenvalue weighted by Gasteiger charge is -2.26. The van der Waals surface area contributed by atoms with Gasteiger partial charge in [0.15, 0.2) is 0 Å². The van der Waals surface area contributed by atoms with Crippen LogP contribution in [0.3, 0.4) is 0 Å². The van der Waals surface area contributed by atoms with Crippen LogP contribution in [0.4, 0.5) is 0 Å². The van der Waals surface area contributed by atoms with Gasteiger partial charge in [-0.3, -0.25) is 0 Å². The SMILES string of the molecule is CCCCC(I)C1CCCCC1. The van der Waals surface area contributed by atoms with Crippen LogP contribution in [0.5, 0.6) is 0 Å². The number of hydrogen-bond acceptors (Lipinski definition) is 0.